The summed E-state index contributed by atoms with van der Waals surface area (Å²) >= 11 is 0. The van der Waals surface area contributed by atoms with Crippen LogP contribution in [0.1, 0.15) is 316 Å². The molecule has 0 bridgehead atoms. The molecule has 14 heteroatoms. The Bertz CT molecular complexity index is 1030. The number of unbranched alkanes of at least 4 members (excludes halogenated alkanes) is 16. The lowest BCUT2D eigenvalue weighted by atomic mass is 10.1. The van der Waals surface area contributed by atoms with Gasteiger partial charge in [-0.3, -0.25) is 16.8 Å². The van der Waals surface area contributed by atoms with Gasteiger partial charge >= 0.3 is 0 Å². The second-order valence-electron chi connectivity index (χ2n) is 23.4. The summed E-state index contributed by atoms with van der Waals surface area (Å²) in [6, 6.07) is 0. The van der Waals surface area contributed by atoms with Crippen LogP contribution in [0.15, 0.2) is 0 Å². The molecule has 0 fully saturated rings. The lowest BCUT2D eigenvalue weighted by Crippen LogP contribution is -2.50. The summed E-state index contributed by atoms with van der Waals surface area (Å²) in [5.41, 5.74) is 0. The summed E-state index contributed by atoms with van der Waals surface area (Å²) in [7, 11) is -10.3. The van der Waals surface area contributed by atoms with Crippen molar-refractivity contribution in [1.82, 2.24) is 0 Å². The van der Waals surface area contributed by atoms with E-state index in [-0.39, 0.29) is 0 Å². The zero-order valence-corrected chi connectivity index (χ0v) is 57.4. The third-order valence-corrected chi connectivity index (χ3v) is 15.8. The van der Waals surface area contributed by atoms with Crippen LogP contribution < -0.4 is 0 Å². The van der Waals surface area contributed by atoms with E-state index >= 15 is 0 Å². The second kappa shape index (κ2) is 62.6. The minimum atomic E-state index is -5.17. The van der Waals surface area contributed by atoms with Crippen LogP contribution in [0.2, 0.25) is 0 Å². The van der Waals surface area contributed by atoms with Crippen molar-refractivity contribution in [2.45, 2.75) is 316 Å². The van der Waals surface area contributed by atoms with Gasteiger partial charge in [-0.15, -0.1) is 0 Å². The van der Waals surface area contributed by atoms with Crippen LogP contribution in [-0.2, 0) is 20.8 Å². The fourth-order valence-electron chi connectivity index (χ4n) is 10.6. The summed E-state index contributed by atoms with van der Waals surface area (Å²) in [5.74, 6) is 0. The third-order valence-electron chi connectivity index (χ3n) is 15.8. The van der Waals surface area contributed by atoms with Gasteiger partial charge in [0.1, 0.15) is 0 Å². The normalized spacial score (nSPS) is 11.9. The molecule has 0 N–H and O–H groups in total. The predicted octanol–water partition coefficient (Wildman–Crippen LogP) is 17.3. The average Bonchev–Trinajstić information content (AvgIpc) is 3.41. The Morgan fingerprint density at radius 3 is 0.269 bits per heavy atom. The number of hydrogen-bond donors (Lipinski definition) is 0. The van der Waals surface area contributed by atoms with E-state index in [1.165, 1.54) is 328 Å². The Balaban J connectivity index is -0.000000209. The van der Waals surface area contributed by atoms with Gasteiger partial charge in [0.15, 0.2) is 0 Å². The smallest absolute Gasteiger partial charge is 0.0786 e. The number of quaternary nitrogens is 4. The van der Waals surface area contributed by atoms with Gasteiger partial charge in [0.2, 0.25) is 0 Å². The maximum absolute atomic E-state index is 8.52. The van der Waals surface area contributed by atoms with Crippen LogP contribution in [0.4, 0.5) is 0 Å². The molecule has 480 valence electrons. The highest BCUT2D eigenvalue weighted by Crippen LogP contribution is 2.20. The van der Waals surface area contributed by atoms with E-state index in [4.69, 9.17) is 35.0 Å². The van der Waals surface area contributed by atoms with E-state index in [1.807, 2.05) is 0 Å². The Morgan fingerprint density at radius 2 is 0.231 bits per heavy atom. The van der Waals surface area contributed by atoms with E-state index in [0.29, 0.717) is 0 Å². The molecule has 0 saturated carbocycles. The van der Waals surface area contributed by atoms with Crippen LogP contribution in [0.5, 0.6) is 0 Å². The van der Waals surface area contributed by atoms with Crippen molar-refractivity contribution >= 4 is 20.8 Å². The van der Waals surface area contributed by atoms with E-state index in [2.05, 4.69) is 111 Å². The van der Waals surface area contributed by atoms with Crippen molar-refractivity contribution in [2.75, 3.05) is 105 Å². The van der Waals surface area contributed by atoms with Crippen LogP contribution in [0, 0.1) is 0 Å². The summed E-state index contributed by atoms with van der Waals surface area (Å²) in [6.07, 6.45) is 44.2. The lowest BCUT2D eigenvalue weighted by Gasteiger charge is -2.39. The monoisotopic (exact) mass is 1160 g/mol. The van der Waals surface area contributed by atoms with E-state index < -0.39 is 20.8 Å². The maximum Gasteiger partial charge on any atom is 0.0786 e. The molecule has 0 aliphatic heterocycles. The highest BCUT2D eigenvalue weighted by molar-refractivity contribution is 7.79. The maximum atomic E-state index is 8.52. The summed E-state index contributed by atoms with van der Waals surface area (Å²) in [4.78, 5) is 0. The zero-order valence-electron chi connectivity index (χ0n) is 55.8. The predicted molar refractivity (Wildman–Crippen MR) is 338 cm³/mol. The molecule has 12 nitrogen and oxygen atoms in total. The molecule has 0 aliphatic rings. The quantitative estimate of drug-likeness (QED) is 0.0330. The molecule has 0 saturated heterocycles. The Morgan fingerprint density at radius 1 is 0.179 bits per heavy atom. The highest BCUT2D eigenvalue weighted by Gasteiger charge is 2.28. The largest absolute Gasteiger partial charge is 0.759 e. The topological polar surface area (TPSA) is 161 Å². The minimum Gasteiger partial charge on any atom is -0.759 e. The first-order valence-corrected chi connectivity index (χ1v) is 36.4. The van der Waals surface area contributed by atoms with Crippen molar-refractivity contribution in [1.29, 1.82) is 0 Å². The molecule has 0 aromatic heterocycles. The average molecular weight is 1160 g/mol. The van der Waals surface area contributed by atoms with Gasteiger partial charge in [0.05, 0.1) is 105 Å². The van der Waals surface area contributed by atoms with Crippen LogP contribution >= 0.6 is 0 Å². The summed E-state index contributed by atoms with van der Waals surface area (Å²) < 4.78 is 73.8. The van der Waals surface area contributed by atoms with E-state index in [0.717, 1.165) is 0 Å². The Hall–Kier alpha value is -0.420. The van der Waals surface area contributed by atoms with Crippen molar-refractivity contribution in [3.05, 3.63) is 0 Å². The standard InChI is InChI=1S/4C16H36N.2H2O4S/c4*1-5-9-13-17(14-10-6-2,15-11-7-3)16-12-8-4;2*1-5(2,3)4/h4*5-16H2,1-4H3;2*(H2,1,2,3,4)/q4*+1;;/p-4. The fraction of sp³-hybridized carbons (Fsp3) is 1.00. The number of hydrogen-bond acceptors (Lipinski definition) is 8. The number of rotatable bonds is 48. The van der Waals surface area contributed by atoms with Gasteiger partial charge in [0.25, 0.3) is 0 Å². The molecule has 0 atom stereocenters. The lowest BCUT2D eigenvalue weighted by molar-refractivity contribution is -0.929. The van der Waals surface area contributed by atoms with E-state index in [1.54, 1.807) is 0 Å². The molecule has 0 spiro atoms. The molecule has 0 amide bonds. The summed E-state index contributed by atoms with van der Waals surface area (Å²) in [5, 5.41) is 0. The molecule has 0 rings (SSSR count). The molecule has 0 aromatic rings. The van der Waals surface area contributed by atoms with Crippen molar-refractivity contribution < 1.29 is 53.0 Å². The van der Waals surface area contributed by atoms with Gasteiger partial charge in [0, 0.05) is 20.8 Å². The molecular formula is C64H144N4O8S2. The minimum absolute atomic E-state index is 1.35. The van der Waals surface area contributed by atoms with Gasteiger partial charge < -0.3 is 36.1 Å². The van der Waals surface area contributed by atoms with E-state index in [9.17, 15) is 0 Å². The SMILES string of the molecule is CCCC[N+](CCCC)(CCCC)CCCC.CCCC[N+](CCCC)(CCCC)CCCC.CCCC[N+](CCCC)(CCCC)CCCC.CCCC[N+](CCCC)(CCCC)CCCC.O=S(=O)([O-])[O-].O=S(=O)([O-])[O-]. The first kappa shape index (κ1) is 88.8. The van der Waals surface area contributed by atoms with Crippen molar-refractivity contribution in [3.63, 3.8) is 0 Å². The van der Waals surface area contributed by atoms with Crippen molar-refractivity contribution in [3.8, 4) is 0 Å². The van der Waals surface area contributed by atoms with Gasteiger partial charge in [-0.25, -0.2) is 0 Å². The molecule has 0 unspecified atom stereocenters. The van der Waals surface area contributed by atoms with Gasteiger partial charge in [-0.2, -0.15) is 0 Å². The molecule has 0 heterocycles. The van der Waals surface area contributed by atoms with Crippen molar-refractivity contribution in [2.24, 2.45) is 0 Å². The zero-order chi connectivity index (χ0) is 60.9. The Kier molecular flexibility index (Phi) is 71.3. The third kappa shape index (κ3) is 66.4. The molecule has 0 radical (unpaired) electrons. The molecule has 78 heavy (non-hydrogen) atoms. The highest BCUT2D eigenvalue weighted by atomic mass is 32.3. The van der Waals surface area contributed by atoms with Crippen LogP contribution in [0.3, 0.4) is 0 Å². The second-order valence-corrected chi connectivity index (χ2v) is 25.1. The number of nitrogens with zero attached hydrogens (tertiary/aromatic N) is 4. The Labute approximate surface area is 492 Å². The first-order chi connectivity index (χ1) is 37.0. The summed E-state index contributed by atoms with van der Waals surface area (Å²) in [6.45, 7) is 60.1. The molecule has 0 aliphatic carbocycles. The molecule has 0 aromatic carbocycles. The fourth-order valence-corrected chi connectivity index (χ4v) is 10.6. The first-order valence-electron chi connectivity index (χ1n) is 33.7. The van der Waals surface area contributed by atoms with Gasteiger partial charge in [-0.05, 0) is 103 Å². The van der Waals surface area contributed by atoms with Gasteiger partial charge in [-0.1, -0.05) is 214 Å². The van der Waals surface area contributed by atoms with Crippen LogP contribution in [-0.4, -0.2) is 158 Å². The molecular weight excluding hydrogens is 1020 g/mol. The van der Waals surface area contributed by atoms with Crippen LogP contribution in [0.25, 0.3) is 0 Å².